The van der Waals surface area contributed by atoms with E-state index in [1.54, 1.807) is 11.6 Å². The first-order valence-electron chi connectivity index (χ1n) is 5.54. The zero-order valence-electron chi connectivity index (χ0n) is 10.5. The summed E-state index contributed by atoms with van der Waals surface area (Å²) in [5, 5.41) is 0. The maximum Gasteiger partial charge on any atom is 0.330 e. The molecule has 0 bridgehead atoms. The van der Waals surface area contributed by atoms with Gasteiger partial charge in [0.25, 0.3) is 5.56 Å². The van der Waals surface area contributed by atoms with Crippen molar-refractivity contribution in [2.75, 3.05) is 0 Å². The molecule has 0 aromatic carbocycles. The molecule has 2 rings (SSSR count). The van der Waals surface area contributed by atoms with Gasteiger partial charge in [0.1, 0.15) is 0 Å². The lowest BCUT2D eigenvalue weighted by Gasteiger charge is -2.40. The fourth-order valence-corrected chi connectivity index (χ4v) is 2.45. The highest BCUT2D eigenvalue weighted by atomic mass is 16.2. The average Bonchev–Trinajstić information content (AvgIpc) is 2.09. The van der Waals surface area contributed by atoms with E-state index in [9.17, 15) is 9.59 Å². The summed E-state index contributed by atoms with van der Waals surface area (Å²) in [5.41, 5.74) is 1.49. The fourth-order valence-electron chi connectivity index (χ4n) is 2.45. The second-order valence-corrected chi connectivity index (χ2v) is 5.69. The Morgan fingerprint density at radius 1 is 1.12 bits per heavy atom. The smallest absolute Gasteiger partial charge is 0.300 e. The Morgan fingerprint density at radius 3 is 2.19 bits per heavy atom. The number of hydrogen-bond donors (Lipinski definition) is 0. The summed E-state index contributed by atoms with van der Waals surface area (Å²) in [6.07, 6.45) is 0.791. The molecule has 0 saturated heterocycles. The molecule has 16 heavy (non-hydrogen) atoms. The predicted octanol–water partition coefficient (Wildman–Crippen LogP) is 0.770. The van der Waals surface area contributed by atoms with E-state index in [-0.39, 0.29) is 16.7 Å². The molecule has 0 aliphatic heterocycles. The highest BCUT2D eigenvalue weighted by Gasteiger charge is 2.40. The Kier molecular flexibility index (Phi) is 2.16. The molecular formula is C12H18N2O2. The lowest BCUT2D eigenvalue weighted by atomic mass is 9.67. The third kappa shape index (κ3) is 1.29. The second kappa shape index (κ2) is 3.09. The SMILES string of the molecule is Cn1c2c(c(=O)n(C)c1=O)CC2C(C)(C)C. The molecule has 0 fully saturated rings. The Balaban J connectivity index is 2.71. The Morgan fingerprint density at radius 2 is 1.69 bits per heavy atom. The molecule has 0 saturated carbocycles. The molecule has 1 aromatic rings. The maximum absolute atomic E-state index is 11.8. The van der Waals surface area contributed by atoms with Crippen molar-refractivity contribution in [2.45, 2.75) is 33.1 Å². The van der Waals surface area contributed by atoms with Gasteiger partial charge < -0.3 is 4.57 Å². The summed E-state index contributed by atoms with van der Waals surface area (Å²) < 4.78 is 2.81. The van der Waals surface area contributed by atoms with Crippen LogP contribution in [0.15, 0.2) is 9.59 Å². The quantitative estimate of drug-likeness (QED) is 0.651. The van der Waals surface area contributed by atoms with Crippen molar-refractivity contribution in [1.29, 1.82) is 0 Å². The third-order valence-electron chi connectivity index (χ3n) is 3.59. The van der Waals surface area contributed by atoms with Crippen LogP contribution in [0, 0.1) is 5.41 Å². The monoisotopic (exact) mass is 222 g/mol. The van der Waals surface area contributed by atoms with E-state index < -0.39 is 0 Å². The van der Waals surface area contributed by atoms with Crippen molar-refractivity contribution in [2.24, 2.45) is 19.5 Å². The average molecular weight is 222 g/mol. The summed E-state index contributed by atoms with van der Waals surface area (Å²) in [6.45, 7) is 6.42. The summed E-state index contributed by atoms with van der Waals surface area (Å²) in [7, 11) is 3.29. The maximum atomic E-state index is 11.8. The molecule has 0 N–H and O–H groups in total. The van der Waals surface area contributed by atoms with Gasteiger partial charge >= 0.3 is 5.69 Å². The Bertz CT molecular complexity index is 527. The van der Waals surface area contributed by atoms with Crippen molar-refractivity contribution in [3.05, 3.63) is 32.1 Å². The summed E-state index contributed by atoms with van der Waals surface area (Å²) in [6, 6.07) is 0. The van der Waals surface area contributed by atoms with Crippen molar-refractivity contribution < 1.29 is 0 Å². The molecular weight excluding hydrogens is 204 g/mol. The van der Waals surface area contributed by atoms with Crippen LogP contribution in [0.1, 0.15) is 37.9 Å². The van der Waals surface area contributed by atoms with E-state index >= 15 is 0 Å². The van der Waals surface area contributed by atoms with Gasteiger partial charge in [-0.25, -0.2) is 4.79 Å². The minimum atomic E-state index is -0.224. The topological polar surface area (TPSA) is 44.0 Å². The van der Waals surface area contributed by atoms with Gasteiger partial charge in [0.2, 0.25) is 0 Å². The first-order valence-corrected chi connectivity index (χ1v) is 5.54. The molecule has 0 radical (unpaired) electrons. The van der Waals surface area contributed by atoms with Gasteiger partial charge in [0.05, 0.1) is 0 Å². The fraction of sp³-hybridized carbons (Fsp3) is 0.667. The molecule has 1 unspecified atom stereocenters. The minimum absolute atomic E-state index is 0.101. The van der Waals surface area contributed by atoms with Crippen molar-refractivity contribution in [3.8, 4) is 0 Å². The Labute approximate surface area is 94.5 Å². The summed E-state index contributed by atoms with van der Waals surface area (Å²) in [5.74, 6) is 0.314. The van der Waals surface area contributed by atoms with E-state index in [0.29, 0.717) is 5.92 Å². The zero-order chi connectivity index (χ0) is 12.2. The molecule has 4 heteroatoms. The van der Waals surface area contributed by atoms with E-state index in [1.807, 2.05) is 0 Å². The first kappa shape index (κ1) is 11.2. The minimum Gasteiger partial charge on any atom is -0.300 e. The van der Waals surface area contributed by atoms with Crippen LogP contribution in [0.3, 0.4) is 0 Å². The van der Waals surface area contributed by atoms with Crippen molar-refractivity contribution >= 4 is 0 Å². The molecule has 4 nitrogen and oxygen atoms in total. The predicted molar refractivity (Wildman–Crippen MR) is 62.8 cm³/mol. The third-order valence-corrected chi connectivity index (χ3v) is 3.59. The number of fused-ring (bicyclic) bond motifs is 1. The van der Waals surface area contributed by atoms with E-state index in [4.69, 9.17) is 0 Å². The lowest BCUT2D eigenvalue weighted by Crippen LogP contribution is -2.48. The van der Waals surface area contributed by atoms with E-state index in [1.165, 1.54) is 11.6 Å². The molecule has 1 aliphatic rings. The van der Waals surface area contributed by atoms with E-state index in [2.05, 4.69) is 20.8 Å². The summed E-state index contributed by atoms with van der Waals surface area (Å²) in [4.78, 5) is 23.6. The van der Waals surface area contributed by atoms with Crippen LogP contribution in [-0.4, -0.2) is 9.13 Å². The summed E-state index contributed by atoms with van der Waals surface area (Å²) >= 11 is 0. The van der Waals surface area contributed by atoms with Gasteiger partial charge in [-0.2, -0.15) is 0 Å². The molecule has 1 aliphatic carbocycles. The van der Waals surface area contributed by atoms with Crippen LogP contribution >= 0.6 is 0 Å². The molecule has 0 amide bonds. The van der Waals surface area contributed by atoms with Crippen LogP contribution in [-0.2, 0) is 20.5 Å². The van der Waals surface area contributed by atoms with Crippen molar-refractivity contribution in [3.63, 3.8) is 0 Å². The van der Waals surface area contributed by atoms with Crippen molar-refractivity contribution in [1.82, 2.24) is 9.13 Å². The molecule has 0 spiro atoms. The van der Waals surface area contributed by atoms with Gasteiger partial charge in [-0.1, -0.05) is 20.8 Å². The van der Waals surface area contributed by atoms with Crippen LogP contribution in [0.2, 0.25) is 0 Å². The highest BCUT2D eigenvalue weighted by molar-refractivity contribution is 5.35. The number of aromatic nitrogens is 2. The standard InChI is InChI=1S/C12H18N2O2/c1-12(2,3)8-6-7-9(8)13(4)11(16)14(5)10(7)15/h8H,6H2,1-5H3. The highest BCUT2D eigenvalue weighted by Crippen LogP contribution is 2.44. The van der Waals surface area contributed by atoms with Gasteiger partial charge in [-0.05, 0) is 11.8 Å². The zero-order valence-corrected chi connectivity index (χ0v) is 10.5. The lowest BCUT2D eigenvalue weighted by molar-refractivity contribution is 0.270. The van der Waals surface area contributed by atoms with Crippen LogP contribution in [0.25, 0.3) is 0 Å². The normalized spacial score (nSPS) is 19.2. The number of nitrogens with zero attached hydrogens (tertiary/aromatic N) is 2. The molecule has 1 atom stereocenters. The molecule has 1 aromatic heterocycles. The largest absolute Gasteiger partial charge is 0.330 e. The van der Waals surface area contributed by atoms with Crippen LogP contribution in [0.5, 0.6) is 0 Å². The van der Waals surface area contributed by atoms with Crippen LogP contribution in [0.4, 0.5) is 0 Å². The van der Waals surface area contributed by atoms with E-state index in [0.717, 1.165) is 17.7 Å². The first-order chi connectivity index (χ1) is 7.25. The van der Waals surface area contributed by atoms with Gasteiger partial charge in [-0.3, -0.25) is 9.36 Å². The second-order valence-electron chi connectivity index (χ2n) is 5.69. The van der Waals surface area contributed by atoms with Gasteiger partial charge in [-0.15, -0.1) is 0 Å². The van der Waals surface area contributed by atoms with Crippen LogP contribution < -0.4 is 11.2 Å². The number of rotatable bonds is 0. The van der Waals surface area contributed by atoms with Gasteiger partial charge in [0.15, 0.2) is 0 Å². The molecule has 88 valence electrons. The number of hydrogen-bond acceptors (Lipinski definition) is 2. The Hall–Kier alpha value is -1.32. The van der Waals surface area contributed by atoms with Gasteiger partial charge in [0, 0.05) is 31.3 Å². The molecule has 1 heterocycles.